The van der Waals surface area contributed by atoms with Crippen LogP contribution in [-0.2, 0) is 17.6 Å². The van der Waals surface area contributed by atoms with E-state index in [1.165, 1.54) is 12.3 Å². The van der Waals surface area contributed by atoms with E-state index in [1.807, 2.05) is 0 Å². The van der Waals surface area contributed by atoms with Crippen molar-refractivity contribution in [2.75, 3.05) is 5.73 Å². The number of aliphatic carboxylic acids is 1. The van der Waals surface area contributed by atoms with Crippen molar-refractivity contribution in [1.29, 1.82) is 0 Å². The van der Waals surface area contributed by atoms with Crippen LogP contribution in [0.15, 0.2) is 36.4 Å². The molecular weight excluding hydrogens is 316 g/mol. The van der Waals surface area contributed by atoms with Crippen LogP contribution in [-0.4, -0.2) is 31.1 Å². The third kappa shape index (κ3) is 4.26. The largest absolute Gasteiger partial charge is 0.502 e. The molecule has 0 fully saturated rings. The first kappa shape index (κ1) is 16.9. The van der Waals surface area contributed by atoms with Crippen LogP contribution in [0.3, 0.4) is 0 Å². The lowest BCUT2D eigenvalue weighted by Crippen LogP contribution is -2.01. The number of nitrogens with zero attached hydrogens (tertiary/aromatic N) is 3. The van der Waals surface area contributed by atoms with Gasteiger partial charge in [-0.25, -0.2) is 9.78 Å². The number of aromatic nitrogens is 2. The minimum absolute atomic E-state index is 0.125. The smallest absolute Gasteiger partial charge is 0.371 e. The van der Waals surface area contributed by atoms with Gasteiger partial charge in [-0.3, -0.25) is 15.1 Å². The van der Waals surface area contributed by atoms with Gasteiger partial charge < -0.3 is 15.9 Å². The van der Waals surface area contributed by atoms with Crippen LogP contribution in [0.4, 0.5) is 11.5 Å². The van der Waals surface area contributed by atoms with Crippen LogP contribution in [0.1, 0.15) is 16.8 Å². The first-order valence-corrected chi connectivity index (χ1v) is 6.84. The highest BCUT2D eigenvalue weighted by Gasteiger charge is 2.13. The van der Waals surface area contributed by atoms with Gasteiger partial charge in [-0.15, -0.1) is 0 Å². The number of pyridine rings is 2. The number of carboxylic acid groups (broad SMARTS) is 1. The van der Waals surface area contributed by atoms with Gasteiger partial charge in [0.05, 0.1) is 10.6 Å². The SMILES string of the molecule is Nc1ncc(CCc2ccc(/C=C(\O)C(=O)O)nc2)cc1[N+](=O)[O-]. The first-order chi connectivity index (χ1) is 11.4. The van der Waals surface area contributed by atoms with Gasteiger partial charge in [0.15, 0.2) is 0 Å². The van der Waals surface area contributed by atoms with E-state index >= 15 is 0 Å². The van der Waals surface area contributed by atoms with Crippen molar-refractivity contribution in [3.63, 3.8) is 0 Å². The standard InChI is InChI=1S/C15H14N4O5/c16-14-12(19(23)24)5-10(8-18-14)2-1-9-3-4-11(17-7-9)6-13(20)15(21)22/h3-8,20H,1-2H2,(H2,16,18)(H,21,22)/b13-6-. The number of aliphatic hydroxyl groups is 1. The fourth-order valence-corrected chi connectivity index (χ4v) is 1.95. The number of aryl methyl sites for hydroxylation is 2. The summed E-state index contributed by atoms with van der Waals surface area (Å²) in [5.74, 6) is -2.35. The first-order valence-electron chi connectivity index (χ1n) is 6.84. The minimum Gasteiger partial charge on any atom is -0.502 e. The number of nitrogen functional groups attached to an aromatic ring is 1. The Labute approximate surface area is 136 Å². The van der Waals surface area contributed by atoms with Crippen molar-refractivity contribution in [2.24, 2.45) is 0 Å². The fourth-order valence-electron chi connectivity index (χ4n) is 1.95. The highest BCUT2D eigenvalue weighted by Crippen LogP contribution is 2.20. The summed E-state index contributed by atoms with van der Waals surface area (Å²) >= 11 is 0. The lowest BCUT2D eigenvalue weighted by atomic mass is 10.1. The van der Waals surface area contributed by atoms with Crippen LogP contribution in [0.5, 0.6) is 0 Å². The number of hydrogen-bond donors (Lipinski definition) is 3. The fraction of sp³-hybridized carbons (Fsp3) is 0.133. The Balaban J connectivity index is 2.05. The molecule has 2 aromatic rings. The molecule has 0 aromatic carbocycles. The van der Waals surface area contributed by atoms with Crippen molar-refractivity contribution in [3.05, 3.63) is 63.3 Å². The molecule has 9 heteroatoms. The number of nitro groups is 1. The van der Waals surface area contributed by atoms with Crippen LogP contribution >= 0.6 is 0 Å². The Hall–Kier alpha value is -3.49. The molecule has 0 unspecified atom stereocenters. The summed E-state index contributed by atoms with van der Waals surface area (Å²) in [4.78, 5) is 28.6. The molecule has 124 valence electrons. The number of aliphatic hydroxyl groups excluding tert-OH is 1. The Morgan fingerprint density at radius 1 is 1.21 bits per heavy atom. The van der Waals surface area contributed by atoms with Gasteiger partial charge in [-0.05, 0) is 30.0 Å². The summed E-state index contributed by atoms with van der Waals surface area (Å²) in [6.07, 6.45) is 5.13. The summed E-state index contributed by atoms with van der Waals surface area (Å²) in [7, 11) is 0. The molecule has 9 nitrogen and oxygen atoms in total. The maximum absolute atomic E-state index is 10.8. The monoisotopic (exact) mass is 330 g/mol. The third-order valence-electron chi connectivity index (χ3n) is 3.20. The molecule has 0 radical (unpaired) electrons. The van der Waals surface area contributed by atoms with Crippen molar-refractivity contribution in [1.82, 2.24) is 9.97 Å². The van der Waals surface area contributed by atoms with E-state index in [1.54, 1.807) is 18.3 Å². The van der Waals surface area contributed by atoms with Crippen LogP contribution in [0, 0.1) is 10.1 Å². The summed E-state index contributed by atoms with van der Waals surface area (Å²) < 4.78 is 0. The summed E-state index contributed by atoms with van der Waals surface area (Å²) in [6, 6.07) is 4.68. The number of carbonyl (C=O) groups is 1. The van der Waals surface area contributed by atoms with Gasteiger partial charge in [-0.2, -0.15) is 0 Å². The van der Waals surface area contributed by atoms with Crippen LogP contribution in [0.25, 0.3) is 6.08 Å². The quantitative estimate of drug-likeness (QED) is 0.313. The topological polar surface area (TPSA) is 152 Å². The average molecular weight is 330 g/mol. The molecule has 2 aromatic heterocycles. The van der Waals surface area contributed by atoms with Gasteiger partial charge in [0.1, 0.15) is 0 Å². The Bertz CT molecular complexity index is 802. The molecule has 4 N–H and O–H groups in total. The van der Waals surface area contributed by atoms with Gasteiger partial charge in [-0.1, -0.05) is 6.07 Å². The zero-order valence-corrected chi connectivity index (χ0v) is 12.4. The summed E-state index contributed by atoms with van der Waals surface area (Å²) in [5.41, 5.74) is 7.05. The van der Waals surface area contributed by atoms with Crippen LogP contribution in [0.2, 0.25) is 0 Å². The zero-order chi connectivity index (χ0) is 17.7. The molecule has 0 spiro atoms. The highest BCUT2D eigenvalue weighted by atomic mass is 16.6. The molecule has 0 bridgehead atoms. The molecule has 0 aliphatic rings. The number of nitrogens with two attached hydrogens (primary N) is 1. The molecule has 0 aliphatic heterocycles. The van der Waals surface area contributed by atoms with Gasteiger partial charge in [0.2, 0.25) is 11.6 Å². The molecular formula is C15H14N4O5. The van der Waals surface area contributed by atoms with Crippen LogP contribution < -0.4 is 5.73 Å². The lowest BCUT2D eigenvalue weighted by molar-refractivity contribution is -0.384. The molecule has 0 saturated heterocycles. The Morgan fingerprint density at radius 3 is 2.46 bits per heavy atom. The van der Waals surface area contributed by atoms with Gasteiger partial charge >= 0.3 is 11.7 Å². The molecule has 0 aliphatic carbocycles. The number of rotatable bonds is 6. The maximum atomic E-state index is 10.8. The van der Waals surface area contributed by atoms with E-state index in [9.17, 15) is 14.9 Å². The van der Waals surface area contributed by atoms with Crippen molar-refractivity contribution in [2.45, 2.75) is 12.8 Å². The molecule has 0 atom stereocenters. The summed E-state index contributed by atoms with van der Waals surface area (Å²) in [6.45, 7) is 0. The third-order valence-corrected chi connectivity index (χ3v) is 3.20. The molecule has 0 saturated carbocycles. The van der Waals surface area contributed by atoms with E-state index in [2.05, 4.69) is 9.97 Å². The molecule has 24 heavy (non-hydrogen) atoms. The number of hydrogen-bond acceptors (Lipinski definition) is 7. The number of anilines is 1. The molecule has 2 heterocycles. The Kier molecular flexibility index (Phi) is 5.05. The summed E-state index contributed by atoms with van der Waals surface area (Å²) in [5, 5.41) is 28.6. The van der Waals surface area contributed by atoms with E-state index < -0.39 is 16.7 Å². The predicted octanol–water partition coefficient (Wildman–Crippen LogP) is 1.74. The van der Waals surface area contributed by atoms with Gasteiger partial charge in [0.25, 0.3) is 0 Å². The highest BCUT2D eigenvalue weighted by molar-refractivity contribution is 5.88. The van der Waals surface area contributed by atoms with E-state index in [4.69, 9.17) is 15.9 Å². The van der Waals surface area contributed by atoms with Crippen molar-refractivity contribution < 1.29 is 19.9 Å². The second kappa shape index (κ2) is 7.18. The van der Waals surface area contributed by atoms with E-state index in [-0.39, 0.29) is 11.5 Å². The zero-order valence-electron chi connectivity index (χ0n) is 12.4. The number of carboxylic acids is 1. The normalized spacial score (nSPS) is 11.2. The minimum atomic E-state index is -1.43. The average Bonchev–Trinajstić information content (AvgIpc) is 2.55. The second-order valence-electron chi connectivity index (χ2n) is 4.93. The molecule has 0 amide bonds. The van der Waals surface area contributed by atoms with E-state index in [0.29, 0.717) is 24.1 Å². The Morgan fingerprint density at radius 2 is 1.88 bits per heavy atom. The predicted molar refractivity (Wildman–Crippen MR) is 85.2 cm³/mol. The maximum Gasteiger partial charge on any atom is 0.371 e. The van der Waals surface area contributed by atoms with E-state index in [0.717, 1.165) is 11.6 Å². The second-order valence-corrected chi connectivity index (χ2v) is 4.93. The lowest BCUT2D eigenvalue weighted by Gasteiger charge is -2.03. The van der Waals surface area contributed by atoms with Crippen molar-refractivity contribution in [3.8, 4) is 0 Å². The van der Waals surface area contributed by atoms with Crippen molar-refractivity contribution >= 4 is 23.6 Å². The molecule has 2 rings (SSSR count). The van der Waals surface area contributed by atoms with Gasteiger partial charge in [0, 0.05) is 24.5 Å².